The summed E-state index contributed by atoms with van der Waals surface area (Å²) in [7, 11) is 0. The minimum atomic E-state index is -0.111. The third-order valence-electron chi connectivity index (χ3n) is 7.02. The van der Waals surface area contributed by atoms with Gasteiger partial charge in [0.1, 0.15) is 0 Å². The lowest BCUT2D eigenvalue weighted by Gasteiger charge is -2.57. The van der Waals surface area contributed by atoms with Crippen molar-refractivity contribution in [1.82, 2.24) is 0 Å². The van der Waals surface area contributed by atoms with Gasteiger partial charge in [0.15, 0.2) is 0 Å². The molecule has 0 bridgehead atoms. The fourth-order valence-corrected chi connectivity index (χ4v) is 6.06. The molecule has 0 amide bonds. The van der Waals surface area contributed by atoms with E-state index in [4.69, 9.17) is 0 Å². The summed E-state index contributed by atoms with van der Waals surface area (Å²) >= 11 is 0. The van der Waals surface area contributed by atoms with E-state index in [1.807, 2.05) is 0 Å². The maximum atomic E-state index is 2.47. The molecule has 0 radical (unpaired) electrons. The van der Waals surface area contributed by atoms with Crippen molar-refractivity contribution >= 4 is 11.4 Å². The van der Waals surface area contributed by atoms with Crippen LogP contribution in [-0.2, 0) is 5.41 Å². The lowest BCUT2D eigenvalue weighted by atomic mass is 9.49. The zero-order valence-corrected chi connectivity index (χ0v) is 18.7. The Balaban J connectivity index is 2.15. The van der Waals surface area contributed by atoms with Crippen LogP contribution < -0.4 is 4.90 Å². The van der Waals surface area contributed by atoms with Gasteiger partial charge in [0.25, 0.3) is 0 Å². The molecule has 2 aromatic rings. The molecule has 1 nitrogen and oxygen atoms in total. The van der Waals surface area contributed by atoms with Gasteiger partial charge in [0.2, 0.25) is 0 Å². The van der Waals surface area contributed by atoms with E-state index in [1.54, 1.807) is 0 Å². The van der Waals surface area contributed by atoms with Crippen molar-refractivity contribution in [2.75, 3.05) is 4.90 Å². The van der Waals surface area contributed by atoms with Crippen molar-refractivity contribution in [2.24, 2.45) is 10.8 Å². The van der Waals surface area contributed by atoms with Crippen molar-refractivity contribution in [3.05, 3.63) is 95.7 Å². The van der Waals surface area contributed by atoms with Gasteiger partial charge >= 0.3 is 0 Å². The van der Waals surface area contributed by atoms with Crippen LogP contribution >= 0.6 is 0 Å². The maximum Gasteiger partial charge on any atom is 0.0503 e. The second-order valence-electron chi connectivity index (χ2n) is 9.41. The van der Waals surface area contributed by atoms with Crippen LogP contribution in [0.3, 0.4) is 0 Å². The highest BCUT2D eigenvalue weighted by Crippen LogP contribution is 2.68. The van der Waals surface area contributed by atoms with E-state index in [0.717, 1.165) is 6.42 Å². The number of allylic oxidation sites excluding steroid dienone is 5. The van der Waals surface area contributed by atoms with Crippen molar-refractivity contribution < 1.29 is 0 Å². The van der Waals surface area contributed by atoms with Crippen molar-refractivity contribution in [3.63, 3.8) is 0 Å². The predicted octanol–water partition coefficient (Wildman–Crippen LogP) is 7.94. The SMILES string of the molecule is C/C=C1\C(=C/CC)C2(c3ccccc3N1c1ccccc1)C(C)(C)C=CC2(C)C. The van der Waals surface area contributed by atoms with E-state index in [1.165, 1.54) is 28.2 Å². The van der Waals surface area contributed by atoms with Gasteiger partial charge in [0, 0.05) is 16.8 Å². The van der Waals surface area contributed by atoms with Crippen LogP contribution in [0.5, 0.6) is 0 Å². The first-order valence-corrected chi connectivity index (χ1v) is 10.8. The number of benzene rings is 2. The summed E-state index contributed by atoms with van der Waals surface area (Å²) in [5.41, 5.74) is 6.59. The first-order chi connectivity index (χ1) is 13.8. The number of hydrogen-bond donors (Lipinski definition) is 0. The van der Waals surface area contributed by atoms with Gasteiger partial charge in [-0.05, 0) is 53.5 Å². The number of fused-ring (bicyclic) bond motifs is 2. The van der Waals surface area contributed by atoms with E-state index in [9.17, 15) is 0 Å². The van der Waals surface area contributed by atoms with Crippen LogP contribution in [0.1, 0.15) is 53.5 Å². The molecule has 1 aliphatic heterocycles. The van der Waals surface area contributed by atoms with E-state index < -0.39 is 0 Å². The molecule has 1 spiro atoms. The summed E-state index contributed by atoms with van der Waals surface area (Å²) in [5, 5.41) is 0. The molecule has 0 fully saturated rings. The van der Waals surface area contributed by atoms with Crippen molar-refractivity contribution in [2.45, 2.75) is 53.4 Å². The predicted molar refractivity (Wildman–Crippen MR) is 126 cm³/mol. The highest BCUT2D eigenvalue weighted by molar-refractivity contribution is 5.82. The van der Waals surface area contributed by atoms with Gasteiger partial charge in [-0.1, -0.05) is 95.3 Å². The van der Waals surface area contributed by atoms with Crippen LogP contribution in [0.15, 0.2) is 90.2 Å². The van der Waals surface area contributed by atoms with Crippen LogP contribution in [0, 0.1) is 10.8 Å². The summed E-state index contributed by atoms with van der Waals surface area (Å²) in [6.07, 6.45) is 10.7. The Kier molecular flexibility index (Phi) is 4.61. The van der Waals surface area contributed by atoms with Gasteiger partial charge in [-0.3, -0.25) is 0 Å². The van der Waals surface area contributed by atoms with E-state index in [0.29, 0.717) is 0 Å². The number of rotatable bonds is 2. The molecule has 2 aromatic carbocycles. The molecule has 150 valence electrons. The number of hydrogen-bond acceptors (Lipinski definition) is 1. The first kappa shape index (κ1) is 19.8. The number of anilines is 2. The molecule has 0 saturated carbocycles. The minimum absolute atomic E-state index is 0.00461. The Labute approximate surface area is 176 Å². The Bertz CT molecular complexity index is 984. The molecule has 2 aliphatic rings. The molecule has 0 atom stereocenters. The number of para-hydroxylation sites is 2. The fraction of sp³-hybridized carbons (Fsp3) is 0.357. The highest BCUT2D eigenvalue weighted by atomic mass is 15.2. The van der Waals surface area contributed by atoms with Crippen molar-refractivity contribution in [3.8, 4) is 0 Å². The quantitative estimate of drug-likeness (QED) is 0.476. The second kappa shape index (κ2) is 6.76. The third kappa shape index (κ3) is 2.53. The van der Waals surface area contributed by atoms with Gasteiger partial charge in [-0.15, -0.1) is 0 Å². The normalized spacial score (nSPS) is 23.7. The zero-order chi connectivity index (χ0) is 20.9. The molecule has 4 rings (SSSR count). The van der Waals surface area contributed by atoms with Crippen LogP contribution in [0.2, 0.25) is 0 Å². The number of nitrogens with zero attached hydrogens (tertiary/aromatic N) is 1. The van der Waals surface area contributed by atoms with Gasteiger partial charge in [-0.25, -0.2) is 0 Å². The van der Waals surface area contributed by atoms with E-state index in [2.05, 4.69) is 125 Å². The zero-order valence-electron chi connectivity index (χ0n) is 18.7. The summed E-state index contributed by atoms with van der Waals surface area (Å²) in [6.45, 7) is 14.1. The van der Waals surface area contributed by atoms with E-state index >= 15 is 0 Å². The van der Waals surface area contributed by atoms with Crippen LogP contribution in [-0.4, -0.2) is 0 Å². The molecule has 0 unspecified atom stereocenters. The fourth-order valence-electron chi connectivity index (χ4n) is 6.06. The van der Waals surface area contributed by atoms with Gasteiger partial charge in [0.05, 0.1) is 5.69 Å². The Morgan fingerprint density at radius 1 is 0.828 bits per heavy atom. The average Bonchev–Trinajstić information content (AvgIpc) is 2.90. The molecular formula is C28H33N. The van der Waals surface area contributed by atoms with E-state index in [-0.39, 0.29) is 16.2 Å². The largest absolute Gasteiger partial charge is 0.310 e. The molecular weight excluding hydrogens is 350 g/mol. The lowest BCUT2D eigenvalue weighted by molar-refractivity contribution is 0.162. The summed E-state index contributed by atoms with van der Waals surface area (Å²) < 4.78 is 0. The smallest absolute Gasteiger partial charge is 0.0503 e. The summed E-state index contributed by atoms with van der Waals surface area (Å²) in [6, 6.07) is 19.8. The third-order valence-corrected chi connectivity index (χ3v) is 7.02. The monoisotopic (exact) mass is 383 g/mol. The minimum Gasteiger partial charge on any atom is -0.310 e. The molecule has 29 heavy (non-hydrogen) atoms. The van der Waals surface area contributed by atoms with Gasteiger partial charge in [-0.2, -0.15) is 0 Å². The molecule has 0 saturated heterocycles. The first-order valence-electron chi connectivity index (χ1n) is 10.8. The topological polar surface area (TPSA) is 3.24 Å². The average molecular weight is 384 g/mol. The Morgan fingerprint density at radius 3 is 2.00 bits per heavy atom. The molecule has 1 aliphatic carbocycles. The molecule has 1 heteroatoms. The van der Waals surface area contributed by atoms with Gasteiger partial charge < -0.3 is 4.90 Å². The van der Waals surface area contributed by atoms with Crippen LogP contribution in [0.4, 0.5) is 11.4 Å². The molecule has 1 heterocycles. The second-order valence-corrected chi connectivity index (χ2v) is 9.41. The Hall–Kier alpha value is -2.54. The standard InChI is InChI=1S/C28H33N/c1-7-14-22-24(8-2)29(21-15-10-9-11-16-21)25-18-13-12-17-23(25)28(22)26(3,4)19-20-27(28,5)6/h8-20H,7H2,1-6H3/b22-14+,24-8+. The lowest BCUT2D eigenvalue weighted by Crippen LogP contribution is -2.53. The summed E-state index contributed by atoms with van der Waals surface area (Å²) in [5.74, 6) is 0. The highest BCUT2D eigenvalue weighted by Gasteiger charge is 2.62. The summed E-state index contributed by atoms with van der Waals surface area (Å²) in [4.78, 5) is 2.45. The molecule has 0 aromatic heterocycles. The maximum absolute atomic E-state index is 2.47. The van der Waals surface area contributed by atoms with Crippen LogP contribution in [0.25, 0.3) is 0 Å². The Morgan fingerprint density at radius 2 is 1.41 bits per heavy atom. The molecule has 0 N–H and O–H groups in total. The van der Waals surface area contributed by atoms with Crippen molar-refractivity contribution in [1.29, 1.82) is 0 Å².